The first kappa shape index (κ1) is 10.6. The van der Waals surface area contributed by atoms with Gasteiger partial charge in [0.15, 0.2) is 0 Å². The van der Waals surface area contributed by atoms with E-state index in [9.17, 15) is 0 Å². The van der Waals surface area contributed by atoms with Crippen molar-refractivity contribution in [2.75, 3.05) is 0 Å². The van der Waals surface area contributed by atoms with Crippen molar-refractivity contribution in [3.63, 3.8) is 0 Å². The Morgan fingerprint density at radius 1 is 0.824 bits per heavy atom. The van der Waals surface area contributed by atoms with E-state index < -0.39 is 0 Å². The summed E-state index contributed by atoms with van der Waals surface area (Å²) in [7, 11) is 0. The van der Waals surface area contributed by atoms with E-state index in [-0.39, 0.29) is 0 Å². The lowest BCUT2D eigenvalue weighted by atomic mass is 10.00. The van der Waals surface area contributed by atoms with E-state index in [1.54, 1.807) is 0 Å². The molecular weight excluding hydrogens is 228 g/mol. The SMILES string of the molecule is CC(C)=C1c2ccccc2-c2ccc(Cl)cc21. The molecule has 0 saturated carbocycles. The molecule has 1 aliphatic carbocycles. The van der Waals surface area contributed by atoms with E-state index in [2.05, 4.69) is 50.2 Å². The molecule has 0 fully saturated rings. The van der Waals surface area contributed by atoms with Crippen LogP contribution in [-0.4, -0.2) is 0 Å². The summed E-state index contributed by atoms with van der Waals surface area (Å²) in [6, 6.07) is 14.7. The largest absolute Gasteiger partial charge is 0.0843 e. The maximum atomic E-state index is 6.11. The fourth-order valence-corrected chi connectivity index (χ4v) is 2.75. The molecule has 0 saturated heterocycles. The standard InChI is InChI=1S/C16H13Cl/c1-10(2)16-14-6-4-3-5-12(14)13-8-7-11(17)9-15(13)16/h3-9H,1-2H3. The number of rotatable bonds is 0. The van der Waals surface area contributed by atoms with Gasteiger partial charge >= 0.3 is 0 Å². The van der Waals surface area contributed by atoms with Crippen molar-refractivity contribution in [2.45, 2.75) is 13.8 Å². The van der Waals surface area contributed by atoms with Gasteiger partial charge in [0.25, 0.3) is 0 Å². The van der Waals surface area contributed by atoms with Gasteiger partial charge in [-0.1, -0.05) is 47.5 Å². The summed E-state index contributed by atoms with van der Waals surface area (Å²) >= 11 is 6.11. The van der Waals surface area contributed by atoms with Crippen LogP contribution in [0.25, 0.3) is 16.7 Å². The molecule has 0 heterocycles. The van der Waals surface area contributed by atoms with Crippen LogP contribution in [0.5, 0.6) is 0 Å². The molecule has 2 aromatic rings. The topological polar surface area (TPSA) is 0 Å². The van der Waals surface area contributed by atoms with Gasteiger partial charge in [-0.3, -0.25) is 0 Å². The third kappa shape index (κ3) is 1.52. The van der Waals surface area contributed by atoms with Gasteiger partial charge in [-0.2, -0.15) is 0 Å². The molecule has 0 aromatic heterocycles. The van der Waals surface area contributed by atoms with Gasteiger partial charge in [0.05, 0.1) is 0 Å². The number of allylic oxidation sites excluding steroid dienone is 1. The second kappa shape index (κ2) is 3.75. The molecule has 0 nitrogen and oxygen atoms in total. The van der Waals surface area contributed by atoms with Crippen molar-refractivity contribution in [3.05, 3.63) is 64.2 Å². The van der Waals surface area contributed by atoms with Crippen molar-refractivity contribution in [2.24, 2.45) is 0 Å². The van der Waals surface area contributed by atoms with Crippen LogP contribution < -0.4 is 0 Å². The van der Waals surface area contributed by atoms with E-state index >= 15 is 0 Å². The molecule has 3 rings (SSSR count). The Kier molecular flexibility index (Phi) is 2.34. The second-order valence-electron chi connectivity index (χ2n) is 4.61. The molecule has 0 amide bonds. The summed E-state index contributed by atoms with van der Waals surface area (Å²) in [5, 5.41) is 0.801. The van der Waals surface area contributed by atoms with Crippen LogP contribution in [0.3, 0.4) is 0 Å². The lowest BCUT2D eigenvalue weighted by molar-refractivity contribution is 1.39. The summed E-state index contributed by atoms with van der Waals surface area (Å²) in [4.78, 5) is 0. The molecule has 0 unspecified atom stereocenters. The Morgan fingerprint density at radius 3 is 2.18 bits per heavy atom. The highest BCUT2D eigenvalue weighted by atomic mass is 35.5. The van der Waals surface area contributed by atoms with E-state index in [0.717, 1.165) is 5.02 Å². The molecule has 2 aromatic carbocycles. The molecule has 1 heteroatoms. The Balaban J connectivity index is 2.42. The Hall–Kier alpha value is -1.53. The second-order valence-corrected chi connectivity index (χ2v) is 5.05. The summed E-state index contributed by atoms with van der Waals surface area (Å²) in [6.45, 7) is 4.31. The quantitative estimate of drug-likeness (QED) is 0.509. The molecule has 0 radical (unpaired) electrons. The van der Waals surface area contributed by atoms with Crippen LogP contribution in [-0.2, 0) is 0 Å². The third-order valence-corrected chi connectivity index (χ3v) is 3.47. The van der Waals surface area contributed by atoms with Gasteiger partial charge in [-0.05, 0) is 53.8 Å². The number of hydrogen-bond acceptors (Lipinski definition) is 0. The molecule has 17 heavy (non-hydrogen) atoms. The van der Waals surface area contributed by atoms with Gasteiger partial charge in [0, 0.05) is 5.02 Å². The highest BCUT2D eigenvalue weighted by Crippen LogP contribution is 2.46. The van der Waals surface area contributed by atoms with E-state index in [0.29, 0.717) is 0 Å². The van der Waals surface area contributed by atoms with E-state index in [1.165, 1.54) is 33.4 Å². The van der Waals surface area contributed by atoms with Gasteiger partial charge < -0.3 is 0 Å². The van der Waals surface area contributed by atoms with Crippen molar-refractivity contribution in [1.29, 1.82) is 0 Å². The lowest BCUT2D eigenvalue weighted by Crippen LogP contribution is -1.84. The zero-order valence-electron chi connectivity index (χ0n) is 9.92. The maximum Gasteiger partial charge on any atom is 0.0412 e. The van der Waals surface area contributed by atoms with E-state index in [4.69, 9.17) is 11.6 Å². The molecule has 0 atom stereocenters. The van der Waals surface area contributed by atoms with Crippen LogP contribution in [0.4, 0.5) is 0 Å². The molecule has 1 aliphatic rings. The maximum absolute atomic E-state index is 6.11. The number of fused-ring (bicyclic) bond motifs is 3. The van der Waals surface area contributed by atoms with Gasteiger partial charge in [-0.15, -0.1) is 0 Å². The third-order valence-electron chi connectivity index (χ3n) is 3.24. The van der Waals surface area contributed by atoms with Crippen LogP contribution in [0.15, 0.2) is 48.0 Å². The smallest absolute Gasteiger partial charge is 0.0412 e. The van der Waals surface area contributed by atoms with Crippen molar-refractivity contribution in [3.8, 4) is 11.1 Å². The number of benzene rings is 2. The number of halogens is 1. The Labute approximate surface area is 107 Å². The van der Waals surface area contributed by atoms with Crippen molar-refractivity contribution >= 4 is 17.2 Å². The molecule has 0 spiro atoms. The first-order valence-electron chi connectivity index (χ1n) is 5.75. The minimum Gasteiger partial charge on any atom is -0.0843 e. The summed E-state index contributed by atoms with van der Waals surface area (Å²) in [6.07, 6.45) is 0. The fraction of sp³-hybridized carbons (Fsp3) is 0.125. The molecule has 0 N–H and O–H groups in total. The minimum atomic E-state index is 0.801. The first-order valence-corrected chi connectivity index (χ1v) is 6.13. The highest BCUT2D eigenvalue weighted by molar-refractivity contribution is 6.31. The number of hydrogen-bond donors (Lipinski definition) is 0. The summed E-state index contributed by atoms with van der Waals surface area (Å²) in [5.74, 6) is 0. The molecule has 0 bridgehead atoms. The van der Waals surface area contributed by atoms with Crippen LogP contribution in [0, 0.1) is 0 Å². The lowest BCUT2D eigenvalue weighted by Gasteiger charge is -2.05. The van der Waals surface area contributed by atoms with Gasteiger partial charge in [0.1, 0.15) is 0 Å². The normalized spacial score (nSPS) is 12.3. The van der Waals surface area contributed by atoms with Crippen LogP contribution in [0.2, 0.25) is 5.02 Å². The minimum absolute atomic E-state index is 0.801. The molecule has 0 aliphatic heterocycles. The van der Waals surface area contributed by atoms with Gasteiger partial charge in [-0.25, -0.2) is 0 Å². The monoisotopic (exact) mass is 240 g/mol. The Bertz CT molecular complexity index is 632. The summed E-state index contributed by atoms with van der Waals surface area (Å²) in [5.41, 5.74) is 7.86. The molecule has 84 valence electrons. The van der Waals surface area contributed by atoms with Crippen molar-refractivity contribution < 1.29 is 0 Å². The van der Waals surface area contributed by atoms with Crippen LogP contribution >= 0.6 is 11.6 Å². The Morgan fingerprint density at radius 2 is 1.47 bits per heavy atom. The predicted octanol–water partition coefficient (Wildman–Crippen LogP) is 5.16. The van der Waals surface area contributed by atoms with E-state index in [1.807, 2.05) is 6.07 Å². The predicted molar refractivity (Wildman–Crippen MR) is 74.3 cm³/mol. The zero-order chi connectivity index (χ0) is 12.0. The fourth-order valence-electron chi connectivity index (χ4n) is 2.58. The zero-order valence-corrected chi connectivity index (χ0v) is 10.7. The first-order chi connectivity index (χ1) is 8.18. The highest BCUT2D eigenvalue weighted by Gasteiger charge is 2.23. The molecular formula is C16H13Cl. The van der Waals surface area contributed by atoms with Crippen LogP contribution in [0.1, 0.15) is 25.0 Å². The average molecular weight is 241 g/mol. The summed E-state index contributed by atoms with van der Waals surface area (Å²) < 4.78 is 0. The average Bonchev–Trinajstić information content (AvgIpc) is 2.62. The van der Waals surface area contributed by atoms with Gasteiger partial charge in [0.2, 0.25) is 0 Å². The van der Waals surface area contributed by atoms with Crippen molar-refractivity contribution in [1.82, 2.24) is 0 Å².